The first kappa shape index (κ1) is 25.0. The van der Waals surface area contributed by atoms with Crippen LogP contribution in [-0.4, -0.2) is 71.1 Å². The van der Waals surface area contributed by atoms with Crippen molar-refractivity contribution in [1.82, 2.24) is 10.2 Å². The van der Waals surface area contributed by atoms with Crippen molar-refractivity contribution < 1.29 is 33.0 Å². The van der Waals surface area contributed by atoms with Crippen LogP contribution in [0.15, 0.2) is 48.5 Å². The van der Waals surface area contributed by atoms with Crippen LogP contribution in [-0.2, 0) is 14.3 Å². The summed E-state index contributed by atoms with van der Waals surface area (Å²) in [5, 5.41) is 11.8. The highest BCUT2D eigenvalue weighted by atomic mass is 32.2. The van der Waals surface area contributed by atoms with Gasteiger partial charge in [-0.3, -0.25) is 4.79 Å². The number of hydrogen-bond donors (Lipinski definition) is 2. The van der Waals surface area contributed by atoms with E-state index in [-0.39, 0.29) is 18.9 Å². The van der Waals surface area contributed by atoms with E-state index in [0.29, 0.717) is 10.7 Å². The second-order valence-electron chi connectivity index (χ2n) is 8.68. The zero-order chi connectivity index (χ0) is 25.2. The number of nitrogens with one attached hydrogen (secondary N) is 1. The fourth-order valence-corrected chi connectivity index (χ4v) is 5.22. The van der Waals surface area contributed by atoms with Crippen LogP contribution in [0.25, 0.3) is 11.1 Å². The lowest BCUT2D eigenvalue weighted by atomic mass is 9.98. The molecule has 0 bridgehead atoms. The summed E-state index contributed by atoms with van der Waals surface area (Å²) in [5.74, 6) is -5.37. The predicted octanol–water partition coefficient (Wildman–Crippen LogP) is 3.97. The zero-order valence-electron chi connectivity index (χ0n) is 19.1. The summed E-state index contributed by atoms with van der Waals surface area (Å²) in [6.07, 6.45) is 0.148. The van der Waals surface area contributed by atoms with Gasteiger partial charge in [-0.15, -0.1) is 0 Å². The zero-order valence-corrected chi connectivity index (χ0v) is 19.9. The molecular formula is C25H26F2N2O5S. The van der Waals surface area contributed by atoms with E-state index in [1.807, 2.05) is 48.5 Å². The van der Waals surface area contributed by atoms with Gasteiger partial charge in [0.25, 0.3) is 5.92 Å². The third kappa shape index (κ3) is 5.27. The molecular weight excluding hydrogens is 478 g/mol. The Morgan fingerprint density at radius 2 is 1.74 bits per heavy atom. The standard InChI is InChI=1S/C25H26F2N2O5S/c1-35-11-10-20(22(30)29-14-25(26,27)12-21(29)23(31)32)28-24(33)34-13-19-17-8-4-2-6-15(17)16-7-3-5-9-18(16)19/h2-9,19-21H,10-14H2,1H3,(H,28,33)(H,31,32)/t20-,21-/m0/s1. The Kier molecular flexibility index (Phi) is 7.30. The van der Waals surface area contributed by atoms with E-state index in [4.69, 9.17) is 4.74 Å². The molecule has 2 aromatic carbocycles. The number of ether oxygens (including phenoxy) is 1. The molecule has 10 heteroatoms. The molecule has 2 aromatic rings. The van der Waals surface area contributed by atoms with Crippen molar-refractivity contribution in [1.29, 1.82) is 0 Å². The van der Waals surface area contributed by atoms with Crippen molar-refractivity contribution in [3.8, 4) is 11.1 Å². The average molecular weight is 505 g/mol. The Hall–Kier alpha value is -3.14. The van der Waals surface area contributed by atoms with Gasteiger partial charge in [0.15, 0.2) is 0 Å². The lowest BCUT2D eigenvalue weighted by molar-refractivity contribution is -0.149. The van der Waals surface area contributed by atoms with E-state index in [1.54, 1.807) is 6.26 Å². The molecule has 1 fully saturated rings. The summed E-state index contributed by atoms with van der Waals surface area (Å²) in [7, 11) is 0. The Labute approximate surface area is 205 Å². The number of alkyl carbamates (subject to hydrolysis) is 1. The van der Waals surface area contributed by atoms with Gasteiger partial charge in [0.2, 0.25) is 5.91 Å². The number of rotatable bonds is 8. The van der Waals surface area contributed by atoms with Gasteiger partial charge in [0, 0.05) is 12.3 Å². The van der Waals surface area contributed by atoms with Crippen molar-refractivity contribution in [3.63, 3.8) is 0 Å². The first-order chi connectivity index (χ1) is 16.7. The summed E-state index contributed by atoms with van der Waals surface area (Å²) >= 11 is 1.41. The lowest BCUT2D eigenvalue weighted by Crippen LogP contribution is -2.52. The molecule has 1 aliphatic carbocycles. The molecule has 2 amide bonds. The van der Waals surface area contributed by atoms with Gasteiger partial charge in [-0.25, -0.2) is 18.4 Å². The number of thioether (sulfide) groups is 1. The molecule has 7 nitrogen and oxygen atoms in total. The van der Waals surface area contributed by atoms with Crippen molar-refractivity contribution in [2.45, 2.75) is 36.8 Å². The normalized spacial score (nSPS) is 19.1. The van der Waals surface area contributed by atoms with Gasteiger partial charge >= 0.3 is 12.1 Å². The van der Waals surface area contributed by atoms with E-state index in [9.17, 15) is 28.3 Å². The molecule has 0 unspecified atom stereocenters. The second-order valence-corrected chi connectivity index (χ2v) is 9.67. The maximum absolute atomic E-state index is 13.9. The Balaban J connectivity index is 1.45. The van der Waals surface area contributed by atoms with Gasteiger partial charge in [0.05, 0.1) is 6.54 Å². The van der Waals surface area contributed by atoms with E-state index < -0.39 is 48.9 Å². The van der Waals surface area contributed by atoms with Gasteiger partial charge < -0.3 is 20.1 Å². The predicted molar refractivity (Wildman–Crippen MR) is 128 cm³/mol. The molecule has 0 aromatic heterocycles. The Morgan fingerprint density at radius 1 is 1.14 bits per heavy atom. The van der Waals surface area contributed by atoms with Crippen molar-refractivity contribution >= 4 is 29.7 Å². The minimum absolute atomic E-state index is 0.0306. The fourth-order valence-electron chi connectivity index (χ4n) is 4.74. The number of amides is 2. The number of carboxylic acid groups (broad SMARTS) is 1. The smallest absolute Gasteiger partial charge is 0.407 e. The quantitative estimate of drug-likeness (QED) is 0.565. The van der Waals surface area contributed by atoms with Crippen LogP contribution >= 0.6 is 11.8 Å². The number of carboxylic acids is 1. The molecule has 0 radical (unpaired) electrons. The van der Waals surface area contributed by atoms with Crippen LogP contribution in [0.3, 0.4) is 0 Å². The Morgan fingerprint density at radius 3 is 2.31 bits per heavy atom. The second kappa shape index (κ2) is 10.2. The minimum Gasteiger partial charge on any atom is -0.480 e. The molecule has 2 aliphatic rings. The Bertz CT molecular complexity index is 1080. The van der Waals surface area contributed by atoms with Crippen LogP contribution in [0.2, 0.25) is 0 Å². The maximum atomic E-state index is 13.9. The van der Waals surface area contributed by atoms with E-state index in [2.05, 4.69) is 5.32 Å². The molecule has 1 saturated heterocycles. The number of likely N-dealkylation sites (tertiary alicyclic amines) is 1. The molecule has 186 valence electrons. The minimum atomic E-state index is -3.30. The molecule has 0 spiro atoms. The summed E-state index contributed by atoms with van der Waals surface area (Å²) in [6, 6.07) is 12.9. The third-order valence-electron chi connectivity index (χ3n) is 6.38. The number of aliphatic carboxylic acids is 1. The van der Waals surface area contributed by atoms with Gasteiger partial charge in [-0.1, -0.05) is 48.5 Å². The summed E-state index contributed by atoms with van der Waals surface area (Å²) in [4.78, 5) is 37.8. The molecule has 2 atom stereocenters. The number of halogens is 2. The van der Waals surface area contributed by atoms with E-state index >= 15 is 0 Å². The number of carbonyl (C=O) groups is 3. The van der Waals surface area contributed by atoms with E-state index in [1.165, 1.54) is 11.8 Å². The van der Waals surface area contributed by atoms with Crippen LogP contribution < -0.4 is 5.32 Å². The van der Waals surface area contributed by atoms with Crippen LogP contribution in [0.1, 0.15) is 29.9 Å². The fraction of sp³-hybridized carbons (Fsp3) is 0.400. The number of fused-ring (bicyclic) bond motifs is 3. The maximum Gasteiger partial charge on any atom is 0.407 e. The van der Waals surface area contributed by atoms with Gasteiger partial charge in [-0.2, -0.15) is 11.8 Å². The SMILES string of the molecule is CSCC[C@H](NC(=O)OCC1c2ccccc2-c2ccccc21)C(=O)N1CC(F)(F)C[C@H]1C(=O)O. The van der Waals surface area contributed by atoms with Crippen LogP contribution in [0, 0.1) is 0 Å². The molecule has 2 N–H and O–H groups in total. The topological polar surface area (TPSA) is 95.9 Å². The van der Waals surface area contributed by atoms with Crippen molar-refractivity contribution in [2.24, 2.45) is 0 Å². The largest absolute Gasteiger partial charge is 0.480 e. The molecule has 4 rings (SSSR count). The number of carbonyl (C=O) groups excluding carboxylic acids is 2. The monoisotopic (exact) mass is 504 g/mol. The lowest BCUT2D eigenvalue weighted by Gasteiger charge is -2.27. The summed E-state index contributed by atoms with van der Waals surface area (Å²) < 4.78 is 33.3. The van der Waals surface area contributed by atoms with Crippen LogP contribution in [0.5, 0.6) is 0 Å². The molecule has 1 aliphatic heterocycles. The van der Waals surface area contributed by atoms with Crippen molar-refractivity contribution in [3.05, 3.63) is 59.7 Å². The van der Waals surface area contributed by atoms with Gasteiger partial charge in [-0.05, 0) is 40.7 Å². The summed E-state index contributed by atoms with van der Waals surface area (Å²) in [6.45, 7) is -0.965. The van der Waals surface area contributed by atoms with E-state index in [0.717, 1.165) is 22.3 Å². The number of alkyl halides is 2. The molecule has 0 saturated carbocycles. The molecule has 35 heavy (non-hydrogen) atoms. The highest BCUT2D eigenvalue weighted by Gasteiger charge is 2.51. The van der Waals surface area contributed by atoms with Crippen LogP contribution in [0.4, 0.5) is 13.6 Å². The molecule has 1 heterocycles. The van der Waals surface area contributed by atoms with Crippen molar-refractivity contribution in [2.75, 3.05) is 25.2 Å². The highest BCUT2D eigenvalue weighted by Crippen LogP contribution is 2.44. The third-order valence-corrected chi connectivity index (χ3v) is 7.03. The highest BCUT2D eigenvalue weighted by molar-refractivity contribution is 7.98. The first-order valence-corrected chi connectivity index (χ1v) is 12.6. The van der Waals surface area contributed by atoms with Gasteiger partial charge in [0.1, 0.15) is 18.7 Å². The summed E-state index contributed by atoms with van der Waals surface area (Å²) in [5.41, 5.74) is 4.19. The number of nitrogens with zero attached hydrogens (tertiary/aromatic N) is 1. The first-order valence-electron chi connectivity index (χ1n) is 11.2. The average Bonchev–Trinajstić information content (AvgIpc) is 3.34. The number of hydrogen-bond acceptors (Lipinski definition) is 5. The number of benzene rings is 2.